The predicted octanol–water partition coefficient (Wildman–Crippen LogP) is 4.97. The number of aromatic hydroxyl groups is 1. The summed E-state index contributed by atoms with van der Waals surface area (Å²) in [6, 6.07) is 18.1. The van der Waals surface area contributed by atoms with Gasteiger partial charge in [-0.2, -0.15) is 5.10 Å². The maximum atomic E-state index is 14.0. The number of imidazole rings is 1. The summed E-state index contributed by atoms with van der Waals surface area (Å²) >= 11 is 0. The number of fused-ring (bicyclic) bond motifs is 4. The van der Waals surface area contributed by atoms with Crippen molar-refractivity contribution in [2.75, 3.05) is 13.7 Å². The Morgan fingerprint density at radius 1 is 1.06 bits per heavy atom. The molecule has 2 aliphatic carbocycles. The SMILES string of the molecule is COc1cc(C(=O)N2CC3CCC2C3N)cc2nc(-c3cc4ccccc4n3CC3CC3)n(Cc3cnn(-c4cccnc4O)c3)c12. The van der Waals surface area contributed by atoms with Crippen LogP contribution in [0.1, 0.15) is 41.6 Å². The molecule has 0 radical (unpaired) electrons. The molecule has 1 aliphatic heterocycles. The van der Waals surface area contributed by atoms with Gasteiger partial charge in [-0.15, -0.1) is 0 Å². The van der Waals surface area contributed by atoms with Gasteiger partial charge in [0.25, 0.3) is 5.91 Å². The summed E-state index contributed by atoms with van der Waals surface area (Å²) in [5, 5.41) is 16.1. The molecule has 2 aromatic carbocycles. The van der Waals surface area contributed by atoms with Crippen LogP contribution in [0.25, 0.3) is 39.1 Å². The molecule has 2 bridgehead atoms. The largest absolute Gasteiger partial charge is 0.494 e. The smallest absolute Gasteiger partial charge is 0.254 e. The highest BCUT2D eigenvalue weighted by Crippen LogP contribution is 2.41. The fraction of sp³-hybridized carbons (Fsp3) is 0.333. The average Bonchev–Trinajstić information content (AvgIpc) is 3.39. The van der Waals surface area contributed by atoms with Gasteiger partial charge in [-0.05, 0) is 73.9 Å². The number of pyridine rings is 1. The van der Waals surface area contributed by atoms with Crippen molar-refractivity contribution in [3.8, 4) is 28.8 Å². The van der Waals surface area contributed by atoms with Gasteiger partial charge in [-0.25, -0.2) is 14.6 Å². The third kappa shape index (κ3) is 4.59. The predicted molar refractivity (Wildman–Crippen MR) is 178 cm³/mol. The van der Waals surface area contributed by atoms with E-state index in [1.165, 1.54) is 18.4 Å². The lowest BCUT2D eigenvalue weighted by molar-refractivity contribution is 0.0700. The number of benzene rings is 2. The zero-order valence-electron chi connectivity index (χ0n) is 26.2. The van der Waals surface area contributed by atoms with Crippen molar-refractivity contribution in [2.24, 2.45) is 17.6 Å². The van der Waals surface area contributed by atoms with Crippen LogP contribution in [0.4, 0.5) is 0 Å². The van der Waals surface area contributed by atoms with Crippen LogP contribution in [0.15, 0.2) is 73.2 Å². The van der Waals surface area contributed by atoms with E-state index in [4.69, 9.17) is 15.5 Å². The van der Waals surface area contributed by atoms with Crippen LogP contribution in [-0.2, 0) is 13.1 Å². The van der Waals surface area contributed by atoms with E-state index < -0.39 is 0 Å². The molecule has 4 aromatic heterocycles. The molecule has 11 heteroatoms. The standard InChI is InChI=1S/C36H36N8O3/c1-47-31-15-25(36(46)42-20-24-10-11-28(42)32(24)37)13-26-33(31)43(18-22-16-39-44(19-22)29-7-4-12-38-35(29)45)34(40-26)30-14-23-5-2-3-6-27(23)41(30)17-21-8-9-21/h2-7,12-16,19,21,24,28,32H,8-11,17-18,20,37H2,1H3,(H,38,45). The number of aromatic nitrogens is 6. The number of hydrogen-bond acceptors (Lipinski definition) is 7. The number of hydrogen-bond donors (Lipinski definition) is 2. The first-order valence-electron chi connectivity index (χ1n) is 16.4. The lowest BCUT2D eigenvalue weighted by Gasteiger charge is -2.27. The first kappa shape index (κ1) is 28.1. The van der Waals surface area contributed by atoms with Crippen LogP contribution in [0.3, 0.4) is 0 Å². The van der Waals surface area contributed by atoms with E-state index in [0.29, 0.717) is 47.4 Å². The molecule has 9 rings (SSSR count). The second kappa shape index (κ2) is 10.7. The molecule has 11 nitrogen and oxygen atoms in total. The number of methoxy groups -OCH3 is 1. The van der Waals surface area contributed by atoms with Crippen LogP contribution < -0.4 is 10.5 Å². The highest BCUT2D eigenvalue weighted by molar-refractivity contribution is 6.00. The normalized spacial score (nSPS) is 20.6. The number of carbonyl (C=O) groups is 1. The third-order valence-corrected chi connectivity index (χ3v) is 10.4. The van der Waals surface area contributed by atoms with Gasteiger partial charge in [0, 0.05) is 59.6 Å². The van der Waals surface area contributed by atoms with Gasteiger partial charge >= 0.3 is 0 Å². The van der Waals surface area contributed by atoms with Crippen molar-refractivity contribution in [1.29, 1.82) is 0 Å². The zero-order chi connectivity index (χ0) is 31.8. The molecule has 3 fully saturated rings. The molecule has 0 spiro atoms. The van der Waals surface area contributed by atoms with E-state index in [2.05, 4.69) is 49.5 Å². The summed E-state index contributed by atoms with van der Waals surface area (Å²) in [5.41, 5.74) is 12.1. The number of piperidine rings is 1. The topological polar surface area (TPSA) is 129 Å². The van der Waals surface area contributed by atoms with Gasteiger partial charge in [-0.1, -0.05) is 18.2 Å². The van der Waals surface area contributed by atoms with Crippen LogP contribution in [0.5, 0.6) is 11.6 Å². The number of ether oxygens (including phenoxy) is 1. The van der Waals surface area contributed by atoms with Crippen LogP contribution >= 0.6 is 0 Å². The van der Waals surface area contributed by atoms with Crippen LogP contribution in [0.2, 0.25) is 0 Å². The van der Waals surface area contributed by atoms with Gasteiger partial charge in [-0.3, -0.25) is 4.79 Å². The summed E-state index contributed by atoms with van der Waals surface area (Å²) in [5.74, 6) is 2.27. The van der Waals surface area contributed by atoms with Crippen molar-refractivity contribution < 1.29 is 14.6 Å². The number of carbonyl (C=O) groups excluding carboxylic acids is 1. The lowest BCUT2D eigenvalue weighted by atomic mass is 10.1. The van der Waals surface area contributed by atoms with Gasteiger partial charge in [0.1, 0.15) is 17.0 Å². The number of nitrogens with two attached hydrogens (primary N) is 1. The maximum Gasteiger partial charge on any atom is 0.254 e. The van der Waals surface area contributed by atoms with Gasteiger partial charge < -0.3 is 29.6 Å². The van der Waals surface area contributed by atoms with E-state index >= 15 is 0 Å². The van der Waals surface area contributed by atoms with Crippen molar-refractivity contribution in [3.05, 3.63) is 84.3 Å². The average molecular weight is 629 g/mol. The van der Waals surface area contributed by atoms with Crippen molar-refractivity contribution in [2.45, 2.75) is 50.9 Å². The number of likely N-dealkylation sites (tertiary alicyclic amines) is 1. The summed E-state index contributed by atoms with van der Waals surface area (Å²) in [7, 11) is 1.64. The Hall–Kier alpha value is -5.16. The Labute approximate surface area is 271 Å². The Morgan fingerprint density at radius 2 is 1.94 bits per heavy atom. The number of amides is 1. The number of nitrogens with zero attached hydrogens (tertiary/aromatic N) is 7. The number of rotatable bonds is 8. The Balaban J connectivity index is 1.20. The summed E-state index contributed by atoms with van der Waals surface area (Å²) < 4.78 is 12.2. The van der Waals surface area contributed by atoms with Gasteiger partial charge in [0.05, 0.1) is 31.1 Å². The van der Waals surface area contributed by atoms with Crippen LogP contribution in [-0.4, -0.2) is 70.5 Å². The Bertz CT molecular complexity index is 2180. The Morgan fingerprint density at radius 3 is 2.70 bits per heavy atom. The zero-order valence-corrected chi connectivity index (χ0v) is 26.2. The van der Waals surface area contributed by atoms with Gasteiger partial charge in [0.15, 0.2) is 5.82 Å². The minimum atomic E-state index is -0.0911. The monoisotopic (exact) mass is 628 g/mol. The maximum absolute atomic E-state index is 14.0. The first-order valence-corrected chi connectivity index (χ1v) is 16.4. The fourth-order valence-corrected chi connectivity index (χ4v) is 7.78. The van der Waals surface area contributed by atoms with Crippen molar-refractivity contribution >= 4 is 27.8 Å². The first-order chi connectivity index (χ1) is 23.0. The molecule has 2 saturated carbocycles. The highest BCUT2D eigenvalue weighted by atomic mass is 16.5. The van der Waals surface area contributed by atoms with Crippen LogP contribution in [0, 0.1) is 11.8 Å². The molecule has 3 aliphatic rings. The van der Waals surface area contributed by atoms with E-state index in [1.807, 2.05) is 23.2 Å². The number of para-hydroxylation sites is 1. The highest BCUT2D eigenvalue weighted by Gasteiger charge is 2.47. The quantitative estimate of drug-likeness (QED) is 0.243. The minimum absolute atomic E-state index is 0.0237. The molecule has 3 N–H and O–H groups in total. The molecule has 3 atom stereocenters. The minimum Gasteiger partial charge on any atom is -0.494 e. The van der Waals surface area contributed by atoms with E-state index in [9.17, 15) is 9.90 Å². The molecule has 1 saturated heterocycles. The molecule has 3 unspecified atom stereocenters. The second-order valence-electron chi connectivity index (χ2n) is 13.3. The van der Waals surface area contributed by atoms with E-state index in [0.717, 1.165) is 47.4 Å². The molecule has 5 heterocycles. The molecule has 238 valence electrons. The lowest BCUT2D eigenvalue weighted by Crippen LogP contribution is -2.41. The Kier molecular flexibility index (Phi) is 6.39. The van der Waals surface area contributed by atoms with E-state index in [1.54, 1.807) is 36.3 Å². The van der Waals surface area contributed by atoms with Gasteiger partial charge in [0.2, 0.25) is 5.88 Å². The molecular formula is C36H36N8O3. The van der Waals surface area contributed by atoms with Crippen molar-refractivity contribution in [3.63, 3.8) is 0 Å². The summed E-state index contributed by atoms with van der Waals surface area (Å²) in [4.78, 5) is 25.2. The molecule has 47 heavy (non-hydrogen) atoms. The summed E-state index contributed by atoms with van der Waals surface area (Å²) in [6.45, 7) is 2.05. The van der Waals surface area contributed by atoms with E-state index in [-0.39, 0.29) is 23.9 Å². The fourth-order valence-electron chi connectivity index (χ4n) is 7.78. The van der Waals surface area contributed by atoms with Crippen molar-refractivity contribution in [1.82, 2.24) is 33.8 Å². The molecular weight excluding hydrogens is 592 g/mol. The molecule has 1 amide bonds. The third-order valence-electron chi connectivity index (χ3n) is 10.4. The summed E-state index contributed by atoms with van der Waals surface area (Å²) in [6.07, 6.45) is 9.71. The molecule has 6 aromatic rings. The second-order valence-corrected chi connectivity index (χ2v) is 13.3.